The normalized spacial score (nSPS) is 14.5. The number of benzene rings is 1. The zero-order valence-electron chi connectivity index (χ0n) is 17.4. The average molecular weight is 409 g/mol. The molecule has 0 bridgehead atoms. The lowest BCUT2D eigenvalue weighted by atomic mass is 10.1. The molecule has 8 heteroatoms. The van der Waals surface area contributed by atoms with Gasteiger partial charge in [-0.15, -0.1) is 0 Å². The molecule has 0 unspecified atom stereocenters. The summed E-state index contributed by atoms with van der Waals surface area (Å²) in [6.07, 6.45) is 5.82. The Morgan fingerprint density at radius 1 is 1.13 bits per heavy atom. The molecule has 1 saturated carbocycles. The van der Waals surface area contributed by atoms with E-state index in [1.807, 2.05) is 38.1 Å². The van der Waals surface area contributed by atoms with Crippen LogP contribution >= 0.6 is 0 Å². The van der Waals surface area contributed by atoms with E-state index in [2.05, 4.69) is 10.4 Å². The maximum Gasteiger partial charge on any atom is 0.332 e. The summed E-state index contributed by atoms with van der Waals surface area (Å²) < 4.78 is 4.16. The molecule has 1 N–H and O–H groups in total. The molecule has 1 aliphatic carbocycles. The van der Waals surface area contributed by atoms with Crippen LogP contribution in [0.15, 0.2) is 40.1 Å². The van der Waals surface area contributed by atoms with Gasteiger partial charge in [0.1, 0.15) is 6.54 Å². The van der Waals surface area contributed by atoms with Gasteiger partial charge in [-0.05, 0) is 32.3 Å². The number of aryl methyl sites for hydroxylation is 2. The smallest absolute Gasteiger partial charge is 0.332 e. The Morgan fingerprint density at radius 2 is 1.83 bits per heavy atom. The second-order valence-corrected chi connectivity index (χ2v) is 8.01. The lowest BCUT2D eigenvalue weighted by Gasteiger charge is -2.14. The zero-order valence-corrected chi connectivity index (χ0v) is 17.4. The number of hydrogen-bond acceptors (Lipinski definition) is 4. The van der Waals surface area contributed by atoms with Crippen LogP contribution in [-0.4, -0.2) is 30.9 Å². The molecule has 4 rings (SSSR count). The third-order valence-electron chi connectivity index (χ3n) is 5.75. The van der Waals surface area contributed by atoms with Crippen LogP contribution in [0.2, 0.25) is 0 Å². The van der Waals surface area contributed by atoms with Crippen LogP contribution in [0.4, 0.5) is 0 Å². The molecule has 0 spiro atoms. The number of fused-ring (bicyclic) bond motifs is 1. The summed E-state index contributed by atoms with van der Waals surface area (Å²) in [6, 6.07) is 7.84. The van der Waals surface area contributed by atoms with Gasteiger partial charge in [0.2, 0.25) is 5.91 Å². The molecule has 0 radical (unpaired) electrons. The van der Waals surface area contributed by atoms with Crippen LogP contribution < -0.4 is 16.6 Å². The number of nitrogens with zero attached hydrogens (tertiary/aromatic N) is 4. The third-order valence-corrected chi connectivity index (χ3v) is 5.75. The van der Waals surface area contributed by atoms with Crippen LogP contribution in [-0.2, 0) is 24.4 Å². The van der Waals surface area contributed by atoms with Crippen molar-refractivity contribution in [2.75, 3.05) is 0 Å². The van der Waals surface area contributed by atoms with E-state index in [4.69, 9.17) is 0 Å². The molecule has 3 aromatic rings. The second-order valence-electron chi connectivity index (χ2n) is 8.01. The lowest BCUT2D eigenvalue weighted by Crippen LogP contribution is -2.44. The molecule has 0 saturated heterocycles. The van der Waals surface area contributed by atoms with Gasteiger partial charge in [-0.3, -0.25) is 23.4 Å². The first-order valence-electron chi connectivity index (χ1n) is 10.5. The van der Waals surface area contributed by atoms with E-state index in [0.29, 0.717) is 12.1 Å². The number of hydrogen-bond donors (Lipinski definition) is 1. The molecule has 8 nitrogen and oxygen atoms in total. The Labute approximate surface area is 174 Å². The molecular formula is C22H27N5O3. The largest absolute Gasteiger partial charge is 0.352 e. The monoisotopic (exact) mass is 409 g/mol. The number of carbonyl (C=O) groups is 1. The van der Waals surface area contributed by atoms with Crippen LogP contribution in [0.25, 0.3) is 11.0 Å². The maximum atomic E-state index is 13.3. The zero-order chi connectivity index (χ0) is 21.3. The van der Waals surface area contributed by atoms with Crippen molar-refractivity contribution in [2.45, 2.75) is 65.2 Å². The highest BCUT2D eigenvalue weighted by Crippen LogP contribution is 2.17. The van der Waals surface area contributed by atoms with E-state index in [0.717, 1.165) is 36.8 Å². The van der Waals surface area contributed by atoms with Crippen molar-refractivity contribution in [1.29, 1.82) is 0 Å². The Morgan fingerprint density at radius 3 is 2.50 bits per heavy atom. The number of nitrogens with one attached hydrogen (secondary N) is 1. The minimum Gasteiger partial charge on any atom is -0.352 e. The first kappa shape index (κ1) is 20.1. The Hall–Kier alpha value is -3.16. The van der Waals surface area contributed by atoms with Gasteiger partial charge in [0.15, 0.2) is 5.52 Å². The molecule has 0 atom stereocenters. The fourth-order valence-electron chi connectivity index (χ4n) is 4.04. The van der Waals surface area contributed by atoms with Crippen molar-refractivity contribution < 1.29 is 4.79 Å². The number of aromatic nitrogens is 4. The summed E-state index contributed by atoms with van der Waals surface area (Å²) in [7, 11) is 0. The van der Waals surface area contributed by atoms with Crippen molar-refractivity contribution in [2.24, 2.45) is 0 Å². The molecular weight excluding hydrogens is 382 g/mol. The topological polar surface area (TPSA) is 90.9 Å². The van der Waals surface area contributed by atoms with Gasteiger partial charge in [-0.25, -0.2) is 4.79 Å². The molecule has 1 aliphatic rings. The Kier molecular flexibility index (Phi) is 5.57. The van der Waals surface area contributed by atoms with Crippen molar-refractivity contribution in [3.8, 4) is 0 Å². The van der Waals surface area contributed by atoms with Gasteiger partial charge in [-0.1, -0.05) is 42.7 Å². The van der Waals surface area contributed by atoms with Crippen LogP contribution in [0, 0.1) is 6.92 Å². The van der Waals surface area contributed by atoms with E-state index >= 15 is 0 Å². The highest BCUT2D eigenvalue weighted by Gasteiger charge is 2.21. The standard InChI is InChI=1S/C22H27N5O3/c1-3-25-13-18-20(24-25)21(29)27(12-16-10-8-15(2)9-11-16)22(30)26(18)14-19(28)23-17-6-4-5-7-17/h8-11,13,17H,3-7,12,14H2,1-2H3,(H,23,28). The molecule has 1 amide bonds. The molecule has 2 heterocycles. The van der Waals surface area contributed by atoms with Crippen molar-refractivity contribution in [3.05, 3.63) is 62.4 Å². The van der Waals surface area contributed by atoms with Crippen LogP contribution in [0.5, 0.6) is 0 Å². The van der Waals surface area contributed by atoms with E-state index in [9.17, 15) is 14.4 Å². The summed E-state index contributed by atoms with van der Waals surface area (Å²) in [5.41, 5.74) is 1.62. The summed E-state index contributed by atoms with van der Waals surface area (Å²) >= 11 is 0. The maximum absolute atomic E-state index is 13.3. The highest BCUT2D eigenvalue weighted by molar-refractivity contribution is 5.79. The Bertz CT molecular complexity index is 1180. The highest BCUT2D eigenvalue weighted by atomic mass is 16.2. The molecule has 158 valence electrons. The van der Waals surface area contributed by atoms with Gasteiger partial charge in [-0.2, -0.15) is 5.10 Å². The van der Waals surface area contributed by atoms with Crippen LogP contribution in [0.3, 0.4) is 0 Å². The molecule has 1 fully saturated rings. The minimum absolute atomic E-state index is 0.130. The van der Waals surface area contributed by atoms with E-state index in [1.165, 1.54) is 9.13 Å². The quantitative estimate of drug-likeness (QED) is 0.672. The Balaban J connectivity index is 1.75. The average Bonchev–Trinajstić information content (AvgIpc) is 3.39. The van der Waals surface area contributed by atoms with Crippen LogP contribution in [0.1, 0.15) is 43.7 Å². The molecule has 2 aromatic heterocycles. The van der Waals surface area contributed by atoms with Gasteiger partial charge in [0.25, 0.3) is 5.56 Å². The number of rotatable bonds is 6. The van der Waals surface area contributed by atoms with Crippen molar-refractivity contribution in [3.63, 3.8) is 0 Å². The van der Waals surface area contributed by atoms with E-state index in [-0.39, 0.29) is 30.6 Å². The SMILES string of the molecule is CCn1cc2c(n1)c(=O)n(Cc1ccc(C)cc1)c(=O)n2CC(=O)NC1CCCC1. The number of amides is 1. The van der Waals surface area contributed by atoms with Gasteiger partial charge >= 0.3 is 5.69 Å². The fourth-order valence-corrected chi connectivity index (χ4v) is 4.04. The van der Waals surface area contributed by atoms with Crippen molar-refractivity contribution >= 4 is 16.9 Å². The first-order valence-corrected chi connectivity index (χ1v) is 10.5. The minimum atomic E-state index is -0.495. The second kappa shape index (κ2) is 8.30. The van der Waals surface area contributed by atoms with E-state index < -0.39 is 11.2 Å². The molecule has 0 aliphatic heterocycles. The lowest BCUT2D eigenvalue weighted by molar-refractivity contribution is -0.122. The third kappa shape index (κ3) is 3.94. The summed E-state index contributed by atoms with van der Waals surface area (Å²) in [4.78, 5) is 38.9. The molecule has 1 aromatic carbocycles. The van der Waals surface area contributed by atoms with E-state index in [1.54, 1.807) is 10.9 Å². The molecule has 30 heavy (non-hydrogen) atoms. The van der Waals surface area contributed by atoms with Gasteiger partial charge in [0.05, 0.1) is 12.1 Å². The predicted molar refractivity (Wildman–Crippen MR) is 115 cm³/mol. The first-order chi connectivity index (χ1) is 14.5. The van der Waals surface area contributed by atoms with Crippen molar-refractivity contribution in [1.82, 2.24) is 24.2 Å². The summed E-state index contributed by atoms with van der Waals surface area (Å²) in [6.45, 7) is 4.46. The number of carbonyl (C=O) groups excluding carboxylic acids is 1. The van der Waals surface area contributed by atoms with Gasteiger partial charge < -0.3 is 5.32 Å². The fraction of sp³-hybridized carbons (Fsp3) is 0.455. The van der Waals surface area contributed by atoms with Gasteiger partial charge in [0, 0.05) is 18.8 Å². The summed E-state index contributed by atoms with van der Waals surface area (Å²) in [5.74, 6) is -0.213. The predicted octanol–water partition coefficient (Wildman–Crippen LogP) is 1.80. The summed E-state index contributed by atoms with van der Waals surface area (Å²) in [5, 5.41) is 7.37.